The summed E-state index contributed by atoms with van der Waals surface area (Å²) in [6.45, 7) is 0.0168. The number of halogens is 2. The molecule has 20 heavy (non-hydrogen) atoms. The quantitative estimate of drug-likeness (QED) is 0.917. The second kappa shape index (κ2) is 6.59. The van der Waals surface area contributed by atoms with Crippen LogP contribution in [0.3, 0.4) is 0 Å². The van der Waals surface area contributed by atoms with Crippen molar-refractivity contribution >= 4 is 11.6 Å². The Morgan fingerprint density at radius 2 is 1.95 bits per heavy atom. The van der Waals surface area contributed by atoms with Gasteiger partial charge in [-0.3, -0.25) is 0 Å². The molecule has 0 aliphatic carbocycles. The summed E-state index contributed by atoms with van der Waals surface area (Å²) in [4.78, 5) is 0. The van der Waals surface area contributed by atoms with Gasteiger partial charge < -0.3 is 14.6 Å². The largest absolute Gasteiger partial charge is 0.493 e. The lowest BCUT2D eigenvalue weighted by atomic mass is 10.2. The average molecular weight is 297 g/mol. The van der Waals surface area contributed by atoms with E-state index in [4.69, 9.17) is 26.2 Å². The SMILES string of the molecule is COc1ccc(CO)cc1OCc1cc(F)ccc1Cl. The highest BCUT2D eigenvalue weighted by molar-refractivity contribution is 6.31. The third-order valence-corrected chi connectivity index (χ3v) is 3.17. The van der Waals surface area contributed by atoms with E-state index in [-0.39, 0.29) is 19.0 Å². The monoisotopic (exact) mass is 296 g/mol. The zero-order chi connectivity index (χ0) is 14.5. The van der Waals surface area contributed by atoms with E-state index in [2.05, 4.69) is 0 Å². The van der Waals surface area contributed by atoms with Crippen molar-refractivity contribution < 1.29 is 19.0 Å². The second-order valence-corrected chi connectivity index (χ2v) is 4.57. The number of aliphatic hydroxyl groups is 1. The Morgan fingerprint density at radius 3 is 2.65 bits per heavy atom. The Hall–Kier alpha value is -1.78. The van der Waals surface area contributed by atoms with Crippen molar-refractivity contribution in [1.29, 1.82) is 0 Å². The van der Waals surface area contributed by atoms with Crippen LogP contribution >= 0.6 is 11.6 Å². The normalized spacial score (nSPS) is 10.4. The molecule has 2 rings (SSSR count). The lowest BCUT2D eigenvalue weighted by Gasteiger charge is -2.12. The summed E-state index contributed by atoms with van der Waals surface area (Å²) < 4.78 is 23.9. The van der Waals surface area contributed by atoms with E-state index in [0.29, 0.717) is 27.6 Å². The minimum Gasteiger partial charge on any atom is -0.493 e. The van der Waals surface area contributed by atoms with Crippen molar-refractivity contribution in [1.82, 2.24) is 0 Å². The molecule has 0 unspecified atom stereocenters. The summed E-state index contributed by atoms with van der Waals surface area (Å²) in [6, 6.07) is 9.21. The zero-order valence-electron chi connectivity index (χ0n) is 10.9. The molecule has 2 aromatic rings. The summed E-state index contributed by atoms with van der Waals surface area (Å²) in [5, 5.41) is 9.56. The Balaban J connectivity index is 2.19. The van der Waals surface area contributed by atoms with E-state index in [1.54, 1.807) is 18.2 Å². The van der Waals surface area contributed by atoms with Crippen LogP contribution in [0.2, 0.25) is 5.02 Å². The van der Waals surface area contributed by atoms with Gasteiger partial charge in [0, 0.05) is 10.6 Å². The van der Waals surface area contributed by atoms with Gasteiger partial charge in [0.2, 0.25) is 0 Å². The van der Waals surface area contributed by atoms with Gasteiger partial charge in [-0.2, -0.15) is 0 Å². The van der Waals surface area contributed by atoms with E-state index in [9.17, 15) is 4.39 Å². The molecule has 1 N–H and O–H groups in total. The molecule has 2 aromatic carbocycles. The van der Waals surface area contributed by atoms with Crippen molar-refractivity contribution in [2.24, 2.45) is 0 Å². The maximum atomic E-state index is 13.2. The fourth-order valence-electron chi connectivity index (χ4n) is 1.74. The average Bonchev–Trinajstić information content (AvgIpc) is 2.47. The van der Waals surface area contributed by atoms with Gasteiger partial charge in [0.15, 0.2) is 11.5 Å². The lowest BCUT2D eigenvalue weighted by molar-refractivity contribution is 0.271. The first-order valence-electron chi connectivity index (χ1n) is 5.98. The lowest BCUT2D eigenvalue weighted by Crippen LogP contribution is -2.00. The first-order chi connectivity index (χ1) is 9.63. The molecular weight excluding hydrogens is 283 g/mol. The van der Waals surface area contributed by atoms with Gasteiger partial charge in [-0.1, -0.05) is 17.7 Å². The third kappa shape index (κ3) is 3.40. The maximum Gasteiger partial charge on any atom is 0.162 e. The van der Waals surface area contributed by atoms with Gasteiger partial charge in [0.05, 0.1) is 13.7 Å². The first kappa shape index (κ1) is 14.6. The van der Waals surface area contributed by atoms with Gasteiger partial charge in [0.1, 0.15) is 12.4 Å². The standard InChI is InChI=1S/C15H14ClFO3/c1-19-14-5-2-10(8-18)6-15(14)20-9-11-7-12(17)3-4-13(11)16/h2-7,18H,8-9H2,1H3. The molecule has 5 heteroatoms. The molecule has 0 saturated carbocycles. The van der Waals surface area contributed by atoms with Crippen LogP contribution < -0.4 is 9.47 Å². The summed E-state index contributed by atoms with van der Waals surface area (Å²) >= 11 is 5.98. The molecule has 0 spiro atoms. The fraction of sp³-hybridized carbons (Fsp3) is 0.200. The van der Waals surface area contributed by atoms with E-state index in [1.165, 1.54) is 25.3 Å². The number of hydrogen-bond donors (Lipinski definition) is 1. The van der Waals surface area contributed by atoms with Crippen molar-refractivity contribution in [3.05, 3.63) is 58.4 Å². The van der Waals surface area contributed by atoms with Crippen LogP contribution in [0.25, 0.3) is 0 Å². The van der Waals surface area contributed by atoms with Crippen LogP contribution in [0.15, 0.2) is 36.4 Å². The molecular formula is C15H14ClFO3. The molecule has 0 heterocycles. The van der Waals surface area contributed by atoms with Gasteiger partial charge in [-0.25, -0.2) is 4.39 Å². The minimum absolute atomic E-state index is 0.0962. The van der Waals surface area contributed by atoms with E-state index in [1.807, 2.05) is 0 Å². The minimum atomic E-state index is -0.371. The van der Waals surface area contributed by atoms with Gasteiger partial charge in [-0.05, 0) is 35.9 Å². The van der Waals surface area contributed by atoms with Crippen LogP contribution in [0.5, 0.6) is 11.5 Å². The van der Waals surface area contributed by atoms with Gasteiger partial charge in [-0.15, -0.1) is 0 Å². The highest BCUT2D eigenvalue weighted by atomic mass is 35.5. The van der Waals surface area contributed by atoms with Crippen molar-refractivity contribution in [2.75, 3.05) is 7.11 Å². The molecule has 0 amide bonds. The third-order valence-electron chi connectivity index (χ3n) is 2.80. The van der Waals surface area contributed by atoms with Crippen LogP contribution in [-0.2, 0) is 13.2 Å². The fourth-order valence-corrected chi connectivity index (χ4v) is 1.91. The van der Waals surface area contributed by atoms with E-state index >= 15 is 0 Å². The Labute approximate surface area is 121 Å². The van der Waals surface area contributed by atoms with Crippen LogP contribution in [0.4, 0.5) is 4.39 Å². The number of methoxy groups -OCH3 is 1. The topological polar surface area (TPSA) is 38.7 Å². The molecule has 0 saturated heterocycles. The molecule has 0 fully saturated rings. The van der Waals surface area contributed by atoms with Crippen LogP contribution in [-0.4, -0.2) is 12.2 Å². The number of benzene rings is 2. The number of ether oxygens (including phenoxy) is 2. The first-order valence-corrected chi connectivity index (χ1v) is 6.36. The van der Waals surface area contributed by atoms with Crippen molar-refractivity contribution in [3.63, 3.8) is 0 Å². The molecule has 0 bridgehead atoms. The molecule has 0 aliphatic rings. The highest BCUT2D eigenvalue weighted by Crippen LogP contribution is 2.29. The predicted octanol–water partition coefficient (Wildman–Crippen LogP) is 3.56. The number of hydrogen-bond acceptors (Lipinski definition) is 3. The van der Waals surface area contributed by atoms with Crippen LogP contribution in [0.1, 0.15) is 11.1 Å². The number of aliphatic hydroxyl groups excluding tert-OH is 1. The molecule has 0 radical (unpaired) electrons. The van der Waals surface area contributed by atoms with Crippen molar-refractivity contribution in [2.45, 2.75) is 13.2 Å². The van der Waals surface area contributed by atoms with E-state index in [0.717, 1.165) is 0 Å². The summed E-state index contributed by atoms with van der Waals surface area (Å²) in [5.41, 5.74) is 1.24. The molecule has 106 valence electrons. The molecule has 0 aromatic heterocycles. The summed E-state index contributed by atoms with van der Waals surface area (Å²) in [6.07, 6.45) is 0. The Kier molecular flexibility index (Phi) is 4.82. The van der Waals surface area contributed by atoms with Crippen LogP contribution in [0, 0.1) is 5.82 Å². The summed E-state index contributed by atoms with van der Waals surface area (Å²) in [5.74, 6) is 0.637. The molecule has 0 atom stereocenters. The van der Waals surface area contributed by atoms with Crippen molar-refractivity contribution in [3.8, 4) is 11.5 Å². The van der Waals surface area contributed by atoms with Gasteiger partial charge in [0.25, 0.3) is 0 Å². The Bertz CT molecular complexity index is 602. The summed E-state index contributed by atoms with van der Waals surface area (Å²) in [7, 11) is 1.52. The maximum absolute atomic E-state index is 13.2. The highest BCUT2D eigenvalue weighted by Gasteiger charge is 2.08. The van der Waals surface area contributed by atoms with E-state index < -0.39 is 0 Å². The number of rotatable bonds is 5. The smallest absolute Gasteiger partial charge is 0.162 e. The van der Waals surface area contributed by atoms with Gasteiger partial charge >= 0.3 is 0 Å². The second-order valence-electron chi connectivity index (χ2n) is 4.17. The zero-order valence-corrected chi connectivity index (χ0v) is 11.7. The predicted molar refractivity (Wildman–Crippen MR) is 74.7 cm³/mol. The molecule has 3 nitrogen and oxygen atoms in total. The molecule has 0 aliphatic heterocycles. The Morgan fingerprint density at radius 1 is 1.15 bits per heavy atom.